The molecule has 3 N–H and O–H groups in total. The third-order valence-corrected chi connectivity index (χ3v) is 6.32. The fraction of sp³-hybridized carbons (Fsp3) is 0.333. The lowest BCUT2D eigenvalue weighted by molar-refractivity contribution is 0.256. The average Bonchev–Trinajstić information content (AvgIpc) is 2.87. The first kappa shape index (κ1) is 21.1. The van der Waals surface area contributed by atoms with E-state index in [0.717, 1.165) is 17.7 Å². The number of rotatable bonds is 4. The summed E-state index contributed by atoms with van der Waals surface area (Å²) >= 11 is 0. The van der Waals surface area contributed by atoms with Crippen LogP contribution in [0.2, 0.25) is 0 Å². The summed E-state index contributed by atoms with van der Waals surface area (Å²) in [5.74, 6) is 1.63. The Bertz CT molecular complexity index is 1170. The van der Waals surface area contributed by atoms with E-state index in [1.807, 2.05) is 29.2 Å². The van der Waals surface area contributed by atoms with Crippen LogP contribution in [0.1, 0.15) is 30.0 Å². The van der Waals surface area contributed by atoms with Gasteiger partial charge in [-0.2, -0.15) is 15.0 Å². The van der Waals surface area contributed by atoms with E-state index in [-0.39, 0.29) is 18.4 Å². The topological polar surface area (TPSA) is 118 Å². The second-order valence-electron chi connectivity index (χ2n) is 8.30. The lowest BCUT2D eigenvalue weighted by Gasteiger charge is -2.37. The number of hydrogen-bond acceptors (Lipinski definition) is 9. The lowest BCUT2D eigenvalue weighted by Crippen LogP contribution is -2.40. The molecule has 0 bridgehead atoms. The molecular weight excluding hydrogens is 420 g/mol. The van der Waals surface area contributed by atoms with E-state index in [1.54, 1.807) is 18.2 Å². The van der Waals surface area contributed by atoms with Crippen molar-refractivity contribution in [1.29, 1.82) is 0 Å². The number of hydrogen-bond donors (Lipinski definition) is 3. The third kappa shape index (κ3) is 4.19. The molecule has 170 valence electrons. The van der Waals surface area contributed by atoms with Gasteiger partial charge in [-0.25, -0.2) is 0 Å². The molecule has 2 aliphatic heterocycles. The van der Waals surface area contributed by atoms with Crippen molar-refractivity contribution >= 4 is 17.6 Å². The number of fused-ring (bicyclic) bond motifs is 1. The molecule has 33 heavy (non-hydrogen) atoms. The van der Waals surface area contributed by atoms with Crippen LogP contribution in [-0.2, 0) is 6.42 Å². The maximum atomic E-state index is 10.3. The summed E-state index contributed by atoms with van der Waals surface area (Å²) in [6.07, 6.45) is 2.10. The molecule has 3 heterocycles. The molecular formula is C24H26N6O3. The minimum absolute atomic E-state index is 0.0560. The smallest absolute Gasteiger partial charge is 0.231 e. The van der Waals surface area contributed by atoms with Crippen molar-refractivity contribution in [1.82, 2.24) is 15.0 Å². The van der Waals surface area contributed by atoms with Crippen LogP contribution in [0.5, 0.6) is 5.75 Å². The molecule has 9 nitrogen and oxygen atoms in total. The van der Waals surface area contributed by atoms with Gasteiger partial charge in [0.05, 0.1) is 18.4 Å². The van der Waals surface area contributed by atoms with Gasteiger partial charge < -0.3 is 25.2 Å². The molecule has 3 aromatic rings. The number of anilines is 2. The number of nitrogens with zero attached hydrogens (tertiary/aromatic N) is 6. The van der Waals surface area contributed by atoms with Gasteiger partial charge in [0.2, 0.25) is 11.9 Å². The van der Waals surface area contributed by atoms with Crippen LogP contribution in [-0.4, -0.2) is 62.3 Å². The van der Waals surface area contributed by atoms with E-state index in [9.17, 15) is 10.2 Å². The van der Waals surface area contributed by atoms with E-state index in [0.29, 0.717) is 55.8 Å². The Morgan fingerprint density at radius 1 is 0.909 bits per heavy atom. The van der Waals surface area contributed by atoms with Crippen LogP contribution < -0.4 is 9.80 Å². The fourth-order valence-electron chi connectivity index (χ4n) is 4.55. The Labute approximate surface area is 191 Å². The first-order valence-electron chi connectivity index (χ1n) is 11.1. The molecule has 0 unspecified atom stereocenters. The number of piperidine rings is 1. The number of aromatic nitrogens is 3. The van der Waals surface area contributed by atoms with Crippen molar-refractivity contribution in [3.8, 4) is 17.1 Å². The number of phenols is 1. The van der Waals surface area contributed by atoms with Crippen molar-refractivity contribution in [2.75, 3.05) is 36.0 Å². The average molecular weight is 447 g/mol. The molecule has 2 aromatic carbocycles. The van der Waals surface area contributed by atoms with Crippen molar-refractivity contribution in [2.24, 2.45) is 5.16 Å². The van der Waals surface area contributed by atoms with Gasteiger partial charge in [0.25, 0.3) is 0 Å². The zero-order valence-corrected chi connectivity index (χ0v) is 18.2. The summed E-state index contributed by atoms with van der Waals surface area (Å²) in [6, 6.07) is 14.7. The summed E-state index contributed by atoms with van der Waals surface area (Å²) < 4.78 is 0. The van der Waals surface area contributed by atoms with Crippen LogP contribution in [0.15, 0.2) is 53.7 Å². The van der Waals surface area contributed by atoms with E-state index in [1.165, 1.54) is 5.56 Å². The summed E-state index contributed by atoms with van der Waals surface area (Å²) in [5, 5.41) is 32.7. The molecule has 1 saturated heterocycles. The summed E-state index contributed by atoms with van der Waals surface area (Å²) in [4.78, 5) is 18.4. The number of aliphatic hydroxyl groups excluding tert-OH is 1. The van der Waals surface area contributed by atoms with Gasteiger partial charge in [-0.15, -0.1) is 0 Å². The van der Waals surface area contributed by atoms with Gasteiger partial charge in [-0.1, -0.05) is 41.6 Å². The zero-order valence-electron chi connectivity index (χ0n) is 18.2. The summed E-state index contributed by atoms with van der Waals surface area (Å²) in [7, 11) is 0. The first-order chi connectivity index (χ1) is 16.2. The van der Waals surface area contributed by atoms with Gasteiger partial charge in [-0.05, 0) is 29.7 Å². The van der Waals surface area contributed by atoms with Gasteiger partial charge in [0.1, 0.15) is 5.75 Å². The lowest BCUT2D eigenvalue weighted by atomic mass is 9.93. The fourth-order valence-corrected chi connectivity index (χ4v) is 4.55. The van der Waals surface area contributed by atoms with Crippen LogP contribution in [0, 0.1) is 0 Å². The Kier molecular flexibility index (Phi) is 5.78. The highest BCUT2D eigenvalue weighted by atomic mass is 16.4. The zero-order chi connectivity index (χ0) is 22.8. The van der Waals surface area contributed by atoms with E-state index in [2.05, 4.69) is 16.1 Å². The number of oxime groups is 1. The van der Waals surface area contributed by atoms with Crippen molar-refractivity contribution in [2.45, 2.75) is 25.3 Å². The monoisotopic (exact) mass is 446 g/mol. The minimum atomic E-state index is -0.253. The highest BCUT2D eigenvalue weighted by molar-refractivity contribution is 5.86. The summed E-state index contributed by atoms with van der Waals surface area (Å²) in [6.45, 7) is 1.88. The molecule has 9 heteroatoms. The van der Waals surface area contributed by atoms with Crippen molar-refractivity contribution in [3.05, 3.63) is 59.7 Å². The highest BCUT2D eigenvalue weighted by Gasteiger charge is 2.30. The predicted octanol–water partition coefficient (Wildman–Crippen LogP) is 2.77. The maximum absolute atomic E-state index is 10.3. The van der Waals surface area contributed by atoms with Gasteiger partial charge >= 0.3 is 0 Å². The molecule has 0 saturated carbocycles. The molecule has 1 aromatic heterocycles. The van der Waals surface area contributed by atoms with Crippen LogP contribution >= 0.6 is 0 Å². The van der Waals surface area contributed by atoms with E-state index < -0.39 is 0 Å². The molecule has 1 atom stereocenters. The molecule has 2 aliphatic rings. The Hall–Kier alpha value is -3.72. The minimum Gasteiger partial charge on any atom is -0.508 e. The quantitative estimate of drug-likeness (QED) is 0.414. The Morgan fingerprint density at radius 3 is 2.45 bits per heavy atom. The van der Waals surface area contributed by atoms with Crippen LogP contribution in [0.3, 0.4) is 0 Å². The standard InChI is InChI=1S/C24H26N6O3/c31-15-21-20-7-2-1-4-16(20)8-13-30(21)24-26-22(17-5-3-6-19(32)14-17)25-23(27-24)29-11-9-18(28-33)10-12-29/h1-7,14,21,31-33H,8-13,15H2/t21-/m0/s1. The third-order valence-electron chi connectivity index (χ3n) is 6.32. The number of aromatic hydroxyl groups is 1. The normalized spacial score (nSPS) is 18.2. The molecule has 0 amide bonds. The van der Waals surface area contributed by atoms with E-state index in [4.69, 9.17) is 20.2 Å². The predicted molar refractivity (Wildman–Crippen MR) is 125 cm³/mol. The van der Waals surface area contributed by atoms with Crippen LogP contribution in [0.4, 0.5) is 11.9 Å². The number of aliphatic hydroxyl groups is 1. The first-order valence-corrected chi connectivity index (χ1v) is 11.1. The number of benzene rings is 2. The number of phenolic OH excluding ortho intramolecular Hbond substituents is 1. The summed E-state index contributed by atoms with van der Waals surface area (Å²) in [5.41, 5.74) is 3.75. The molecule has 0 radical (unpaired) electrons. The SMILES string of the molecule is OC[C@H]1c2ccccc2CCN1c1nc(-c2cccc(O)c2)nc(N2CCC(=NO)CC2)n1. The molecule has 0 aliphatic carbocycles. The molecule has 1 fully saturated rings. The second kappa shape index (κ2) is 9.03. The van der Waals surface area contributed by atoms with Gasteiger partial charge in [0, 0.05) is 38.0 Å². The highest BCUT2D eigenvalue weighted by Crippen LogP contribution is 2.33. The van der Waals surface area contributed by atoms with Crippen LogP contribution in [0.25, 0.3) is 11.4 Å². The Morgan fingerprint density at radius 2 is 1.70 bits per heavy atom. The van der Waals surface area contributed by atoms with Crippen molar-refractivity contribution < 1.29 is 15.4 Å². The molecule has 5 rings (SSSR count). The largest absolute Gasteiger partial charge is 0.508 e. The van der Waals surface area contributed by atoms with Gasteiger partial charge in [0.15, 0.2) is 5.82 Å². The maximum Gasteiger partial charge on any atom is 0.231 e. The molecule has 0 spiro atoms. The second-order valence-corrected chi connectivity index (χ2v) is 8.30. The van der Waals surface area contributed by atoms with Crippen molar-refractivity contribution in [3.63, 3.8) is 0 Å². The van der Waals surface area contributed by atoms with Gasteiger partial charge in [-0.3, -0.25) is 0 Å². The van der Waals surface area contributed by atoms with E-state index >= 15 is 0 Å². The Balaban J connectivity index is 1.57.